The number of para-hydroxylation sites is 1. The normalized spacial score (nSPS) is 17.3. The zero-order chi connectivity index (χ0) is 23.8. The van der Waals surface area contributed by atoms with Gasteiger partial charge in [0.15, 0.2) is 0 Å². The molecule has 0 aliphatic carbocycles. The second kappa shape index (κ2) is 8.94. The van der Waals surface area contributed by atoms with Gasteiger partial charge in [0.05, 0.1) is 5.69 Å². The Morgan fingerprint density at radius 2 is 1.17 bits per heavy atom. The first kappa shape index (κ1) is 21.5. The number of hydroxylamine groups is 1. The van der Waals surface area contributed by atoms with Crippen LogP contribution in [0.2, 0.25) is 0 Å². The monoisotopic (exact) mass is 457 g/mol. The Kier molecular flexibility index (Phi) is 5.48. The summed E-state index contributed by atoms with van der Waals surface area (Å²) in [4.78, 5) is 6.87. The maximum Gasteiger partial charge on any atom is 0.140 e. The topological polar surface area (TPSA) is 25.6 Å². The van der Waals surface area contributed by atoms with Gasteiger partial charge in [-0.3, -0.25) is 4.84 Å². The van der Waals surface area contributed by atoms with Crippen LogP contribution < -0.4 is 5.06 Å². The minimum absolute atomic E-state index is 0.165. The summed E-state index contributed by atoms with van der Waals surface area (Å²) in [7, 11) is 0. The predicted molar refractivity (Wildman–Crippen MR) is 140 cm³/mol. The highest BCUT2D eigenvalue weighted by Gasteiger charge is 2.42. The zero-order valence-electron chi connectivity index (χ0n) is 19.9. The third kappa shape index (κ3) is 3.84. The summed E-state index contributed by atoms with van der Waals surface area (Å²) in [6.07, 6.45) is -0.283. The molecule has 5 aromatic rings. The Morgan fingerprint density at radius 3 is 1.80 bits per heavy atom. The van der Waals surface area contributed by atoms with E-state index >= 15 is 0 Å². The van der Waals surface area contributed by atoms with Crippen LogP contribution in [0.3, 0.4) is 0 Å². The largest absolute Gasteiger partial charge is 0.461 e. The Labute approximate surface area is 206 Å². The number of aryl methyl sites for hydroxylation is 2. The molecule has 0 unspecified atom stereocenters. The number of rotatable bonds is 4. The van der Waals surface area contributed by atoms with Crippen LogP contribution in [0.4, 0.5) is 5.69 Å². The lowest BCUT2D eigenvalue weighted by molar-refractivity contribution is 0.0307. The van der Waals surface area contributed by atoms with Crippen LogP contribution in [0.15, 0.2) is 120 Å². The molecule has 1 aromatic heterocycles. The average Bonchev–Trinajstić information content (AvgIpc) is 3.26. The van der Waals surface area contributed by atoms with Gasteiger partial charge in [0.1, 0.15) is 23.7 Å². The molecule has 0 fully saturated rings. The van der Waals surface area contributed by atoms with Crippen LogP contribution in [0.5, 0.6) is 0 Å². The molecule has 0 saturated carbocycles. The van der Waals surface area contributed by atoms with E-state index in [9.17, 15) is 0 Å². The maximum atomic E-state index is 6.87. The number of hydrogen-bond donors (Lipinski definition) is 0. The second-order valence-electron chi connectivity index (χ2n) is 9.05. The summed E-state index contributed by atoms with van der Waals surface area (Å²) in [5.41, 5.74) is 7.80. The van der Waals surface area contributed by atoms with Crippen LogP contribution in [0.25, 0.3) is 11.3 Å². The average molecular weight is 458 g/mol. The highest BCUT2D eigenvalue weighted by atomic mass is 16.7. The number of furan rings is 1. The molecule has 4 aromatic carbocycles. The van der Waals surface area contributed by atoms with Crippen molar-refractivity contribution in [2.75, 3.05) is 5.06 Å². The summed E-state index contributed by atoms with van der Waals surface area (Å²) >= 11 is 0. The van der Waals surface area contributed by atoms with Crippen molar-refractivity contribution in [3.8, 4) is 11.3 Å². The highest BCUT2D eigenvalue weighted by molar-refractivity contribution is 5.70. The number of anilines is 1. The fraction of sp³-hybridized carbons (Fsp3) is 0.125. The molecule has 172 valence electrons. The first-order chi connectivity index (χ1) is 17.2. The van der Waals surface area contributed by atoms with Gasteiger partial charge >= 0.3 is 0 Å². The van der Waals surface area contributed by atoms with Crippen molar-refractivity contribution in [2.45, 2.75) is 26.0 Å². The fourth-order valence-electron chi connectivity index (χ4n) is 5.01. The van der Waals surface area contributed by atoms with Gasteiger partial charge in [-0.1, -0.05) is 109 Å². The maximum absolute atomic E-state index is 6.87. The van der Waals surface area contributed by atoms with Gasteiger partial charge < -0.3 is 4.42 Å². The van der Waals surface area contributed by atoms with Gasteiger partial charge in [-0.05, 0) is 37.1 Å². The molecule has 0 amide bonds. The lowest BCUT2D eigenvalue weighted by Gasteiger charge is -2.41. The molecule has 0 N–H and O–H groups in total. The molecule has 3 nitrogen and oxygen atoms in total. The Hall–Kier alpha value is -4.08. The van der Waals surface area contributed by atoms with Crippen LogP contribution in [0.1, 0.15) is 45.7 Å². The Bertz CT molecular complexity index is 1420. The van der Waals surface area contributed by atoms with Crippen LogP contribution in [0, 0.1) is 13.8 Å². The minimum Gasteiger partial charge on any atom is -0.461 e. The second-order valence-corrected chi connectivity index (χ2v) is 9.05. The van der Waals surface area contributed by atoms with E-state index in [0.717, 1.165) is 45.0 Å². The number of benzene rings is 4. The van der Waals surface area contributed by atoms with E-state index in [1.165, 1.54) is 5.56 Å². The Morgan fingerprint density at radius 1 is 0.600 bits per heavy atom. The van der Waals surface area contributed by atoms with Gasteiger partial charge in [-0.15, -0.1) is 0 Å². The molecule has 0 bridgehead atoms. The molecular formula is C32H27NO2. The molecular weight excluding hydrogens is 430 g/mol. The number of fused-ring (bicyclic) bond motifs is 1. The lowest BCUT2D eigenvalue weighted by atomic mass is 9.86. The van der Waals surface area contributed by atoms with Gasteiger partial charge in [-0.2, -0.15) is 0 Å². The van der Waals surface area contributed by atoms with E-state index in [1.807, 2.05) is 12.1 Å². The fourth-order valence-corrected chi connectivity index (χ4v) is 5.01. The van der Waals surface area contributed by atoms with Crippen molar-refractivity contribution in [1.82, 2.24) is 0 Å². The Balaban J connectivity index is 1.65. The highest BCUT2D eigenvalue weighted by Crippen LogP contribution is 2.51. The van der Waals surface area contributed by atoms with Gasteiger partial charge in [0.25, 0.3) is 0 Å². The van der Waals surface area contributed by atoms with Crippen molar-refractivity contribution in [1.29, 1.82) is 0 Å². The molecule has 2 heterocycles. The van der Waals surface area contributed by atoms with Gasteiger partial charge in [0, 0.05) is 16.7 Å². The van der Waals surface area contributed by atoms with Crippen molar-refractivity contribution in [3.05, 3.63) is 149 Å². The van der Waals surface area contributed by atoms with Crippen molar-refractivity contribution in [3.63, 3.8) is 0 Å². The summed E-state index contributed by atoms with van der Waals surface area (Å²) in [5.74, 6) is 1.79. The van der Waals surface area contributed by atoms with Crippen molar-refractivity contribution < 1.29 is 9.25 Å². The van der Waals surface area contributed by atoms with Crippen LogP contribution in [-0.2, 0) is 4.84 Å². The van der Waals surface area contributed by atoms with Crippen LogP contribution >= 0.6 is 0 Å². The smallest absolute Gasteiger partial charge is 0.140 e. The first-order valence-corrected chi connectivity index (χ1v) is 12.0. The molecule has 0 spiro atoms. The quantitative estimate of drug-likeness (QED) is 0.272. The van der Waals surface area contributed by atoms with E-state index in [4.69, 9.17) is 9.25 Å². The third-order valence-electron chi connectivity index (χ3n) is 6.70. The molecule has 6 rings (SSSR count). The van der Waals surface area contributed by atoms with E-state index in [0.29, 0.717) is 0 Å². The van der Waals surface area contributed by atoms with Crippen molar-refractivity contribution >= 4 is 5.69 Å². The van der Waals surface area contributed by atoms with Gasteiger partial charge in [0.2, 0.25) is 0 Å². The van der Waals surface area contributed by atoms with E-state index in [-0.39, 0.29) is 12.1 Å². The zero-order valence-corrected chi connectivity index (χ0v) is 19.9. The van der Waals surface area contributed by atoms with Gasteiger partial charge in [-0.25, -0.2) is 5.06 Å². The SMILES string of the molecule is Cc1ccc(-c2oc(C)c3c2[C@@H](c2ccccc2)N(c2ccccc2)O[C@H]3c2ccccc2)cc1. The first-order valence-electron chi connectivity index (χ1n) is 12.0. The number of hydrogen-bond acceptors (Lipinski definition) is 3. The molecule has 3 heteroatoms. The summed E-state index contributed by atoms with van der Waals surface area (Å²) < 4.78 is 6.57. The minimum atomic E-state index is -0.283. The summed E-state index contributed by atoms with van der Waals surface area (Å²) in [5, 5.41) is 2.06. The standard InChI is InChI=1S/C32H27NO2/c1-22-18-20-26(21-19-22)31-29-28(23(2)34-31)32(25-14-8-4-9-15-25)35-33(27-16-10-5-11-17-27)30(29)24-12-6-3-7-13-24/h3-21,30,32H,1-2H3/t30-,32+/m1/s1. The van der Waals surface area contributed by atoms with Crippen LogP contribution in [-0.4, -0.2) is 0 Å². The molecule has 1 aliphatic heterocycles. The van der Waals surface area contributed by atoms with E-state index < -0.39 is 0 Å². The number of nitrogens with zero attached hydrogens (tertiary/aromatic N) is 1. The lowest BCUT2D eigenvalue weighted by Crippen LogP contribution is -2.37. The summed E-state index contributed by atoms with van der Waals surface area (Å²) in [6, 6.07) is 39.7. The van der Waals surface area contributed by atoms with E-state index in [1.54, 1.807) is 0 Å². The molecule has 35 heavy (non-hydrogen) atoms. The third-order valence-corrected chi connectivity index (χ3v) is 6.70. The molecule has 0 saturated heterocycles. The predicted octanol–water partition coefficient (Wildman–Crippen LogP) is 8.19. The molecule has 1 aliphatic rings. The van der Waals surface area contributed by atoms with Crippen molar-refractivity contribution in [2.24, 2.45) is 0 Å². The summed E-state index contributed by atoms with van der Waals surface area (Å²) in [6.45, 7) is 4.16. The molecule has 0 radical (unpaired) electrons. The van der Waals surface area contributed by atoms with E-state index in [2.05, 4.69) is 122 Å². The molecule has 2 atom stereocenters.